The molecule has 0 amide bonds. The summed E-state index contributed by atoms with van der Waals surface area (Å²) >= 11 is 0. The fraction of sp³-hybridized carbons (Fsp3) is 0.615. The molecule has 1 aromatic rings. The summed E-state index contributed by atoms with van der Waals surface area (Å²) in [5, 5.41) is 0. The van der Waals surface area contributed by atoms with Crippen molar-refractivity contribution in [3.05, 3.63) is 30.1 Å². The molecule has 82 valence electrons. The molecule has 1 fully saturated rings. The van der Waals surface area contributed by atoms with E-state index in [1.165, 1.54) is 37.9 Å². The lowest BCUT2D eigenvalue weighted by Gasteiger charge is -2.32. The van der Waals surface area contributed by atoms with Gasteiger partial charge in [-0.05, 0) is 36.9 Å². The number of likely N-dealkylation sites (tertiary alicyclic amines) is 1. The van der Waals surface area contributed by atoms with Crippen LogP contribution in [-0.4, -0.2) is 23.0 Å². The van der Waals surface area contributed by atoms with Crippen LogP contribution < -0.4 is 0 Å². The van der Waals surface area contributed by atoms with E-state index in [4.69, 9.17) is 0 Å². The van der Waals surface area contributed by atoms with Gasteiger partial charge in [0.05, 0.1) is 0 Å². The molecular formula is C13H20N2. The number of nitrogens with zero attached hydrogens (tertiary/aromatic N) is 2. The molecular weight excluding hydrogens is 184 g/mol. The zero-order chi connectivity index (χ0) is 10.5. The third kappa shape index (κ3) is 3.03. The van der Waals surface area contributed by atoms with Gasteiger partial charge in [0.25, 0.3) is 0 Å². The van der Waals surface area contributed by atoms with E-state index >= 15 is 0 Å². The summed E-state index contributed by atoms with van der Waals surface area (Å²) < 4.78 is 0. The minimum atomic E-state index is 0.912. The highest BCUT2D eigenvalue weighted by atomic mass is 15.1. The van der Waals surface area contributed by atoms with Crippen molar-refractivity contribution < 1.29 is 0 Å². The Morgan fingerprint density at radius 2 is 2.47 bits per heavy atom. The van der Waals surface area contributed by atoms with Crippen LogP contribution in [0.2, 0.25) is 0 Å². The third-order valence-corrected chi connectivity index (χ3v) is 3.31. The van der Waals surface area contributed by atoms with Gasteiger partial charge in [0.2, 0.25) is 0 Å². The Hall–Kier alpha value is -0.890. The summed E-state index contributed by atoms with van der Waals surface area (Å²) in [5.41, 5.74) is 1.34. The second kappa shape index (κ2) is 5.26. The van der Waals surface area contributed by atoms with Crippen LogP contribution in [-0.2, 0) is 6.54 Å². The molecule has 2 heteroatoms. The molecule has 0 N–H and O–H groups in total. The van der Waals surface area contributed by atoms with E-state index in [9.17, 15) is 0 Å². The van der Waals surface area contributed by atoms with Gasteiger partial charge in [-0.15, -0.1) is 0 Å². The van der Waals surface area contributed by atoms with Gasteiger partial charge in [-0.1, -0.05) is 19.4 Å². The minimum Gasteiger partial charge on any atom is -0.299 e. The lowest BCUT2D eigenvalue weighted by molar-refractivity contribution is 0.164. The number of piperidine rings is 1. The molecule has 0 radical (unpaired) electrons. The van der Waals surface area contributed by atoms with Gasteiger partial charge in [-0.25, -0.2) is 0 Å². The predicted molar refractivity (Wildman–Crippen MR) is 62.5 cm³/mol. The molecule has 15 heavy (non-hydrogen) atoms. The smallest absolute Gasteiger partial charge is 0.0312 e. The maximum atomic E-state index is 4.16. The van der Waals surface area contributed by atoms with Gasteiger partial charge in [-0.2, -0.15) is 0 Å². The molecule has 0 spiro atoms. The van der Waals surface area contributed by atoms with Crippen LogP contribution in [0.15, 0.2) is 24.5 Å². The quantitative estimate of drug-likeness (QED) is 0.752. The van der Waals surface area contributed by atoms with E-state index in [-0.39, 0.29) is 0 Å². The van der Waals surface area contributed by atoms with Crippen molar-refractivity contribution in [3.8, 4) is 0 Å². The van der Waals surface area contributed by atoms with Crippen molar-refractivity contribution in [1.29, 1.82) is 0 Å². The van der Waals surface area contributed by atoms with E-state index in [0.717, 1.165) is 12.5 Å². The molecule has 0 aromatic carbocycles. The number of hydrogen-bond acceptors (Lipinski definition) is 2. The third-order valence-electron chi connectivity index (χ3n) is 3.31. The Morgan fingerprint density at radius 3 is 3.20 bits per heavy atom. The molecule has 0 aliphatic carbocycles. The van der Waals surface area contributed by atoms with Crippen LogP contribution in [0.4, 0.5) is 0 Å². The molecule has 1 saturated heterocycles. The monoisotopic (exact) mass is 204 g/mol. The van der Waals surface area contributed by atoms with Crippen molar-refractivity contribution in [1.82, 2.24) is 9.88 Å². The summed E-state index contributed by atoms with van der Waals surface area (Å²) in [4.78, 5) is 6.73. The first kappa shape index (κ1) is 10.6. The van der Waals surface area contributed by atoms with E-state index in [2.05, 4.69) is 22.9 Å². The van der Waals surface area contributed by atoms with Crippen molar-refractivity contribution in [3.63, 3.8) is 0 Å². The lowest BCUT2D eigenvalue weighted by atomic mass is 9.95. The summed E-state index contributed by atoms with van der Waals surface area (Å²) in [6.07, 6.45) is 7.92. The first-order chi connectivity index (χ1) is 7.38. The van der Waals surface area contributed by atoms with E-state index in [1.807, 2.05) is 18.5 Å². The van der Waals surface area contributed by atoms with E-state index in [1.54, 1.807) is 0 Å². The largest absolute Gasteiger partial charge is 0.299 e. The fourth-order valence-electron chi connectivity index (χ4n) is 2.38. The number of aromatic nitrogens is 1. The zero-order valence-electron chi connectivity index (χ0n) is 9.52. The first-order valence-electron chi connectivity index (χ1n) is 5.99. The van der Waals surface area contributed by atoms with Crippen LogP contribution in [0.25, 0.3) is 0 Å². The van der Waals surface area contributed by atoms with E-state index < -0.39 is 0 Å². The predicted octanol–water partition coefficient (Wildman–Crippen LogP) is 2.70. The zero-order valence-corrected chi connectivity index (χ0v) is 9.52. The topological polar surface area (TPSA) is 16.1 Å². The average Bonchev–Trinajstić information content (AvgIpc) is 2.31. The number of hydrogen-bond donors (Lipinski definition) is 0. The molecule has 1 aliphatic heterocycles. The second-order valence-electron chi connectivity index (χ2n) is 4.51. The number of pyridine rings is 1. The lowest BCUT2D eigenvalue weighted by Crippen LogP contribution is -2.34. The Labute approximate surface area is 92.3 Å². The van der Waals surface area contributed by atoms with Gasteiger partial charge < -0.3 is 0 Å². The van der Waals surface area contributed by atoms with Crippen molar-refractivity contribution in [2.75, 3.05) is 13.1 Å². The molecule has 2 rings (SSSR count). The van der Waals surface area contributed by atoms with Crippen LogP contribution in [0.1, 0.15) is 31.7 Å². The van der Waals surface area contributed by atoms with Gasteiger partial charge in [0.1, 0.15) is 0 Å². The first-order valence-corrected chi connectivity index (χ1v) is 5.99. The van der Waals surface area contributed by atoms with Crippen LogP contribution in [0, 0.1) is 5.92 Å². The average molecular weight is 204 g/mol. The molecule has 1 aliphatic rings. The van der Waals surface area contributed by atoms with Gasteiger partial charge in [-0.3, -0.25) is 9.88 Å². The van der Waals surface area contributed by atoms with Gasteiger partial charge in [0, 0.05) is 25.5 Å². The Kier molecular flexibility index (Phi) is 3.73. The highest BCUT2D eigenvalue weighted by Crippen LogP contribution is 2.20. The highest BCUT2D eigenvalue weighted by molar-refractivity contribution is 5.08. The van der Waals surface area contributed by atoms with Crippen LogP contribution in [0.3, 0.4) is 0 Å². The Bertz CT molecular complexity index is 284. The molecule has 2 nitrogen and oxygen atoms in total. The Morgan fingerprint density at radius 1 is 1.53 bits per heavy atom. The van der Waals surface area contributed by atoms with Gasteiger partial charge in [0.15, 0.2) is 0 Å². The molecule has 0 bridgehead atoms. The fourth-order valence-corrected chi connectivity index (χ4v) is 2.38. The summed E-state index contributed by atoms with van der Waals surface area (Å²) in [5.74, 6) is 0.912. The normalized spacial score (nSPS) is 22.9. The van der Waals surface area contributed by atoms with Crippen LogP contribution in [0.5, 0.6) is 0 Å². The summed E-state index contributed by atoms with van der Waals surface area (Å²) in [6.45, 7) is 5.90. The molecule has 1 aromatic heterocycles. The minimum absolute atomic E-state index is 0.912. The Balaban J connectivity index is 1.89. The maximum Gasteiger partial charge on any atom is 0.0312 e. The molecule has 0 saturated carbocycles. The second-order valence-corrected chi connectivity index (χ2v) is 4.51. The van der Waals surface area contributed by atoms with Crippen molar-refractivity contribution in [2.24, 2.45) is 5.92 Å². The SMILES string of the molecule is CCC1CCCN(Cc2cccnc2)C1. The van der Waals surface area contributed by atoms with Crippen molar-refractivity contribution in [2.45, 2.75) is 32.7 Å². The van der Waals surface area contributed by atoms with E-state index in [0.29, 0.717) is 0 Å². The maximum absolute atomic E-state index is 4.16. The number of rotatable bonds is 3. The molecule has 2 heterocycles. The summed E-state index contributed by atoms with van der Waals surface area (Å²) in [7, 11) is 0. The molecule has 1 unspecified atom stereocenters. The highest BCUT2D eigenvalue weighted by Gasteiger charge is 2.18. The van der Waals surface area contributed by atoms with Gasteiger partial charge >= 0.3 is 0 Å². The van der Waals surface area contributed by atoms with Crippen molar-refractivity contribution >= 4 is 0 Å². The van der Waals surface area contributed by atoms with Crippen LogP contribution >= 0.6 is 0 Å². The molecule has 1 atom stereocenters. The summed E-state index contributed by atoms with van der Waals surface area (Å²) in [6, 6.07) is 4.19. The standard InChI is InChI=1S/C13H20N2/c1-2-12-6-4-8-15(10-12)11-13-5-3-7-14-9-13/h3,5,7,9,12H,2,4,6,8,10-11H2,1H3.